The second kappa shape index (κ2) is 8.56. The number of ether oxygens (including phenoxy) is 1. The summed E-state index contributed by atoms with van der Waals surface area (Å²) in [6, 6.07) is 22.3. The van der Waals surface area contributed by atoms with Crippen LogP contribution >= 0.6 is 0 Å². The first-order chi connectivity index (χ1) is 14.9. The fraction of sp³-hybridized carbons (Fsp3) is 0.0455. The van der Waals surface area contributed by atoms with Crippen molar-refractivity contribution in [2.45, 2.75) is 4.90 Å². The van der Waals surface area contributed by atoms with Crippen LogP contribution in [0.2, 0.25) is 0 Å². The van der Waals surface area contributed by atoms with Crippen LogP contribution < -0.4 is 4.46 Å². The summed E-state index contributed by atoms with van der Waals surface area (Å²) in [5.41, 5.74) is 1.39. The quantitative estimate of drug-likeness (QED) is 0.316. The minimum atomic E-state index is -4.60. The molecule has 1 aliphatic heterocycles. The molecule has 1 heterocycles. The van der Waals surface area contributed by atoms with E-state index in [0.717, 1.165) is 26.1 Å². The van der Waals surface area contributed by atoms with Gasteiger partial charge in [0.25, 0.3) is 0 Å². The summed E-state index contributed by atoms with van der Waals surface area (Å²) in [4.78, 5) is 12.7. The van der Waals surface area contributed by atoms with Gasteiger partial charge < -0.3 is 0 Å². The predicted octanol–water partition coefficient (Wildman–Crippen LogP) is 2.98. The topological polar surface area (TPSA) is 92.9 Å². The van der Waals surface area contributed by atoms with E-state index in [1.165, 1.54) is 18.2 Å². The van der Waals surface area contributed by atoms with Gasteiger partial charge in [-0.3, -0.25) is 0 Å². The van der Waals surface area contributed by atoms with E-state index in [0.29, 0.717) is 5.76 Å². The standard InChI is InChI=1S/C22H17NO6SSe/c1-28-19-15-22(16-9-3-2-4-10-16)31(21-14-8-5-11-17(19)21)29-23(24)18-12-6-7-13-20(18)30(25,26)27/h2-15H,1H3/p+1. The van der Waals surface area contributed by atoms with Crippen LogP contribution in [0.25, 0.3) is 5.76 Å². The van der Waals surface area contributed by atoms with Crippen LogP contribution in [0.3, 0.4) is 0 Å². The number of allylic oxidation sites excluding steroid dienone is 1. The first-order valence-electron chi connectivity index (χ1n) is 9.14. The third kappa shape index (κ3) is 4.22. The zero-order valence-corrected chi connectivity index (χ0v) is 18.9. The molecule has 0 radical (unpaired) electrons. The van der Waals surface area contributed by atoms with Crippen LogP contribution in [0.4, 0.5) is 5.69 Å². The molecular weight excluding hydrogens is 485 g/mol. The first kappa shape index (κ1) is 21.1. The number of hydrogen-bond acceptors (Lipinski definition) is 5. The minimum absolute atomic E-state index is 0.180. The third-order valence-electron chi connectivity index (χ3n) is 4.57. The van der Waals surface area contributed by atoms with Crippen molar-refractivity contribution >= 4 is 44.2 Å². The third-order valence-corrected chi connectivity index (χ3v) is 9.24. The molecule has 7 nitrogen and oxygen atoms in total. The van der Waals surface area contributed by atoms with Crippen molar-refractivity contribution in [1.82, 2.24) is 0 Å². The first-order valence-corrected chi connectivity index (χ1v) is 13.0. The summed E-state index contributed by atoms with van der Waals surface area (Å²) in [6.45, 7) is 0. The van der Waals surface area contributed by atoms with E-state index in [9.17, 15) is 17.9 Å². The van der Waals surface area contributed by atoms with Gasteiger partial charge in [-0.15, -0.1) is 0 Å². The molecule has 1 aliphatic rings. The number of rotatable bonds is 6. The van der Waals surface area contributed by atoms with Crippen molar-refractivity contribution in [2.75, 3.05) is 7.11 Å². The Morgan fingerprint density at radius 1 is 0.903 bits per heavy atom. The normalized spacial score (nSPS) is 15.6. The van der Waals surface area contributed by atoms with Gasteiger partial charge in [0.1, 0.15) is 0 Å². The molecule has 0 aromatic heterocycles. The van der Waals surface area contributed by atoms with E-state index in [-0.39, 0.29) is 10.6 Å². The Kier molecular flexibility index (Phi) is 5.84. The number of fused-ring (bicyclic) bond motifs is 1. The number of methoxy groups -OCH3 is 1. The van der Waals surface area contributed by atoms with E-state index in [2.05, 4.69) is 0 Å². The van der Waals surface area contributed by atoms with Gasteiger partial charge >= 0.3 is 184 Å². The van der Waals surface area contributed by atoms with Crippen LogP contribution in [-0.4, -0.2) is 43.2 Å². The van der Waals surface area contributed by atoms with Gasteiger partial charge in [-0.1, -0.05) is 0 Å². The van der Waals surface area contributed by atoms with Gasteiger partial charge in [0.05, 0.1) is 0 Å². The molecule has 0 saturated heterocycles. The van der Waals surface area contributed by atoms with Gasteiger partial charge in [-0.05, 0) is 0 Å². The number of nitrogens with zero attached hydrogens (tertiary/aromatic N) is 1. The summed E-state index contributed by atoms with van der Waals surface area (Å²) in [5.74, 6) is 0.647. The van der Waals surface area contributed by atoms with Crippen LogP contribution in [0.1, 0.15) is 11.1 Å². The van der Waals surface area contributed by atoms with Gasteiger partial charge in [-0.2, -0.15) is 0 Å². The Labute approximate surface area is 183 Å². The van der Waals surface area contributed by atoms with Gasteiger partial charge in [0.2, 0.25) is 0 Å². The molecule has 1 N–H and O–H groups in total. The Hall–Kier alpha value is -3.10. The van der Waals surface area contributed by atoms with Crippen LogP contribution in [0.5, 0.6) is 0 Å². The molecule has 0 saturated carbocycles. The Balaban J connectivity index is 1.89. The molecule has 158 valence electrons. The summed E-state index contributed by atoms with van der Waals surface area (Å²) >= 11 is -2.44. The summed E-state index contributed by atoms with van der Waals surface area (Å²) in [7, 11) is -3.03. The summed E-state index contributed by atoms with van der Waals surface area (Å²) in [6.07, 6.45) is 1.85. The van der Waals surface area contributed by atoms with Crippen molar-refractivity contribution in [3.05, 3.63) is 101 Å². The molecule has 1 atom stereocenters. The van der Waals surface area contributed by atoms with Crippen LogP contribution in [-0.2, 0) is 18.8 Å². The average molecular weight is 503 g/mol. The molecule has 31 heavy (non-hydrogen) atoms. The molecule has 0 spiro atoms. The summed E-state index contributed by atoms with van der Waals surface area (Å²) in [5, 5.41) is 0. The summed E-state index contributed by atoms with van der Waals surface area (Å²) < 4.78 is 46.0. The molecule has 0 bridgehead atoms. The molecular formula is C22H18NO6SSe+. The van der Waals surface area contributed by atoms with Crippen molar-refractivity contribution in [1.29, 1.82) is 0 Å². The molecule has 0 amide bonds. The number of hydrogen-bond donors (Lipinski definition) is 1. The Morgan fingerprint density at radius 2 is 1.55 bits per heavy atom. The zero-order valence-electron chi connectivity index (χ0n) is 16.3. The Morgan fingerprint density at radius 3 is 2.26 bits per heavy atom. The molecule has 9 heteroatoms. The molecule has 4 rings (SSSR count). The Bertz CT molecular complexity index is 1330. The molecule has 1 unspecified atom stereocenters. The molecule has 3 aromatic rings. The van der Waals surface area contributed by atoms with Crippen molar-refractivity contribution < 1.29 is 26.6 Å². The van der Waals surface area contributed by atoms with E-state index < -0.39 is 28.8 Å². The predicted molar refractivity (Wildman–Crippen MR) is 118 cm³/mol. The van der Waals surface area contributed by atoms with Gasteiger partial charge in [0.15, 0.2) is 0 Å². The van der Waals surface area contributed by atoms with E-state index in [1.54, 1.807) is 7.11 Å². The van der Waals surface area contributed by atoms with Gasteiger partial charge in [0, 0.05) is 0 Å². The zero-order chi connectivity index (χ0) is 22.0. The second-order valence-electron chi connectivity index (χ2n) is 6.48. The number of benzene rings is 3. The monoisotopic (exact) mass is 504 g/mol. The SMILES string of the molecule is COC1=CC(c2ccccc2)=[Se](O[N+](=O)c2ccccc2S(=O)(=O)O)c2ccccc21. The fourth-order valence-corrected chi connectivity index (χ4v) is 7.50. The van der Waals surface area contributed by atoms with Crippen molar-refractivity contribution in [3.8, 4) is 0 Å². The van der Waals surface area contributed by atoms with Crippen molar-refractivity contribution in [2.24, 2.45) is 0 Å². The average Bonchev–Trinajstić information content (AvgIpc) is 2.79. The molecule has 3 aromatic carbocycles. The fourth-order valence-electron chi connectivity index (χ4n) is 3.18. The van der Waals surface area contributed by atoms with Crippen molar-refractivity contribution in [3.63, 3.8) is 0 Å². The second-order valence-corrected chi connectivity index (χ2v) is 11.2. The maximum absolute atomic E-state index is 13.0. The maximum atomic E-state index is 13.0. The van der Waals surface area contributed by atoms with E-state index in [1.807, 2.05) is 60.7 Å². The van der Waals surface area contributed by atoms with Gasteiger partial charge in [-0.25, -0.2) is 0 Å². The number of para-hydroxylation sites is 1. The molecule has 0 fully saturated rings. The van der Waals surface area contributed by atoms with Crippen LogP contribution in [0.15, 0.2) is 89.8 Å². The molecule has 0 aliphatic carbocycles. The van der Waals surface area contributed by atoms with E-state index >= 15 is 0 Å². The van der Waals surface area contributed by atoms with E-state index in [4.69, 9.17) is 8.66 Å². The van der Waals surface area contributed by atoms with Crippen LogP contribution in [0, 0.1) is 4.91 Å².